The van der Waals surface area contributed by atoms with E-state index in [9.17, 15) is 0 Å². The number of morpholine rings is 1. The highest BCUT2D eigenvalue weighted by Crippen LogP contribution is 2.27. The lowest BCUT2D eigenvalue weighted by atomic mass is 9.89. The first-order chi connectivity index (χ1) is 9.78. The summed E-state index contributed by atoms with van der Waals surface area (Å²) < 4.78 is 6.19. The van der Waals surface area contributed by atoms with E-state index in [1.807, 2.05) is 0 Å². The third-order valence-corrected chi connectivity index (χ3v) is 5.37. The molecule has 3 nitrogen and oxygen atoms in total. The van der Waals surface area contributed by atoms with Crippen LogP contribution in [0.3, 0.4) is 0 Å². The fraction of sp³-hybridized carbons (Fsp3) is 1.00. The molecule has 2 aliphatic rings. The van der Waals surface area contributed by atoms with Gasteiger partial charge >= 0.3 is 0 Å². The molecule has 20 heavy (non-hydrogen) atoms. The fourth-order valence-electron chi connectivity index (χ4n) is 3.88. The minimum absolute atomic E-state index is 0.394. The van der Waals surface area contributed by atoms with Crippen molar-refractivity contribution in [2.45, 2.75) is 77.0 Å². The molecular formula is C17H34N2O. The summed E-state index contributed by atoms with van der Waals surface area (Å²) in [4.78, 5) is 2.66. The molecule has 2 rings (SSSR count). The summed E-state index contributed by atoms with van der Waals surface area (Å²) in [5.41, 5.74) is 0. The minimum Gasteiger partial charge on any atom is -0.374 e. The molecule has 0 saturated carbocycles. The van der Waals surface area contributed by atoms with Crippen molar-refractivity contribution in [2.24, 2.45) is 5.92 Å². The summed E-state index contributed by atoms with van der Waals surface area (Å²) >= 11 is 0. The third kappa shape index (κ3) is 4.19. The van der Waals surface area contributed by atoms with Gasteiger partial charge in [-0.05, 0) is 38.8 Å². The Bertz CT molecular complexity index is 272. The Morgan fingerprint density at radius 1 is 1.35 bits per heavy atom. The smallest absolute Gasteiger partial charge is 0.0855 e. The van der Waals surface area contributed by atoms with Gasteiger partial charge < -0.3 is 10.1 Å². The summed E-state index contributed by atoms with van der Waals surface area (Å²) in [6.45, 7) is 8.01. The van der Waals surface area contributed by atoms with Gasteiger partial charge in [-0.3, -0.25) is 4.90 Å². The zero-order chi connectivity index (χ0) is 14.4. The van der Waals surface area contributed by atoms with Crippen LogP contribution in [0.4, 0.5) is 0 Å². The van der Waals surface area contributed by atoms with E-state index >= 15 is 0 Å². The fourth-order valence-corrected chi connectivity index (χ4v) is 3.88. The lowest BCUT2D eigenvalue weighted by molar-refractivity contribution is -0.0668. The number of rotatable bonds is 8. The lowest BCUT2D eigenvalue weighted by Crippen LogP contribution is -2.54. The zero-order valence-electron chi connectivity index (χ0n) is 13.7. The quantitative estimate of drug-likeness (QED) is 0.740. The number of likely N-dealkylation sites (N-methyl/N-ethyl adjacent to an activating group) is 1. The average molecular weight is 282 g/mol. The molecule has 0 amide bonds. The molecule has 2 heterocycles. The molecule has 2 aliphatic heterocycles. The maximum Gasteiger partial charge on any atom is 0.0855 e. The monoisotopic (exact) mass is 282 g/mol. The number of hydrogen-bond acceptors (Lipinski definition) is 3. The minimum atomic E-state index is 0.394. The Morgan fingerprint density at radius 3 is 2.90 bits per heavy atom. The Labute approximate surface area is 125 Å². The van der Waals surface area contributed by atoms with Crippen molar-refractivity contribution in [3.63, 3.8) is 0 Å². The van der Waals surface area contributed by atoms with Gasteiger partial charge in [-0.1, -0.05) is 39.5 Å². The normalized spacial score (nSPS) is 30.1. The summed E-state index contributed by atoms with van der Waals surface area (Å²) in [7, 11) is 2.11. The zero-order valence-corrected chi connectivity index (χ0v) is 13.7. The highest BCUT2D eigenvalue weighted by Gasteiger charge is 2.35. The standard InChI is InChI=1S/C17H34N2O/c1-4-6-8-14(5-2)11-16(18-3)17-12-19-10-7-9-15(19)13-20-17/h14-18H,4-13H2,1-3H3. The number of unbranched alkanes of at least 4 members (excludes halogenated alkanes) is 1. The van der Waals surface area contributed by atoms with Gasteiger partial charge in [0.1, 0.15) is 0 Å². The molecule has 2 saturated heterocycles. The van der Waals surface area contributed by atoms with Crippen molar-refractivity contribution in [3.8, 4) is 0 Å². The number of hydrogen-bond donors (Lipinski definition) is 1. The van der Waals surface area contributed by atoms with Gasteiger partial charge in [0.15, 0.2) is 0 Å². The molecule has 0 aromatic heterocycles. The van der Waals surface area contributed by atoms with Crippen LogP contribution in [0.1, 0.15) is 58.8 Å². The Hall–Kier alpha value is -0.120. The lowest BCUT2D eigenvalue weighted by Gasteiger charge is -2.39. The van der Waals surface area contributed by atoms with E-state index in [0.29, 0.717) is 18.2 Å². The summed E-state index contributed by atoms with van der Waals surface area (Å²) in [5.74, 6) is 0.854. The first-order valence-corrected chi connectivity index (χ1v) is 8.81. The van der Waals surface area contributed by atoms with Crippen LogP contribution in [-0.4, -0.2) is 49.8 Å². The maximum absolute atomic E-state index is 6.19. The summed E-state index contributed by atoms with van der Waals surface area (Å²) in [5, 5.41) is 3.54. The predicted molar refractivity (Wildman–Crippen MR) is 85.1 cm³/mol. The topological polar surface area (TPSA) is 24.5 Å². The van der Waals surface area contributed by atoms with E-state index < -0.39 is 0 Å². The predicted octanol–water partition coefficient (Wildman–Crippen LogP) is 3.04. The van der Waals surface area contributed by atoms with Crippen LogP contribution in [0.25, 0.3) is 0 Å². The van der Waals surface area contributed by atoms with Crippen molar-refractivity contribution in [2.75, 3.05) is 26.7 Å². The molecule has 4 unspecified atom stereocenters. The molecule has 0 radical (unpaired) electrons. The second-order valence-electron chi connectivity index (χ2n) is 6.71. The number of nitrogens with one attached hydrogen (secondary N) is 1. The molecule has 4 atom stereocenters. The van der Waals surface area contributed by atoms with E-state index in [2.05, 4.69) is 31.1 Å². The van der Waals surface area contributed by atoms with E-state index in [1.165, 1.54) is 51.5 Å². The average Bonchev–Trinajstić information content (AvgIpc) is 2.95. The number of ether oxygens (including phenoxy) is 1. The van der Waals surface area contributed by atoms with E-state index in [1.54, 1.807) is 0 Å². The van der Waals surface area contributed by atoms with Gasteiger partial charge in [-0.25, -0.2) is 0 Å². The van der Waals surface area contributed by atoms with Crippen molar-refractivity contribution in [1.82, 2.24) is 10.2 Å². The van der Waals surface area contributed by atoms with Crippen LogP contribution in [0.15, 0.2) is 0 Å². The molecule has 2 fully saturated rings. The van der Waals surface area contributed by atoms with Gasteiger partial charge in [0.2, 0.25) is 0 Å². The second kappa shape index (κ2) is 8.35. The van der Waals surface area contributed by atoms with E-state index in [4.69, 9.17) is 4.74 Å². The van der Waals surface area contributed by atoms with Crippen molar-refractivity contribution < 1.29 is 4.74 Å². The Morgan fingerprint density at radius 2 is 2.20 bits per heavy atom. The van der Waals surface area contributed by atoms with Crippen LogP contribution >= 0.6 is 0 Å². The molecular weight excluding hydrogens is 248 g/mol. The molecule has 0 aromatic rings. The van der Waals surface area contributed by atoms with Gasteiger partial charge in [0, 0.05) is 18.6 Å². The highest BCUT2D eigenvalue weighted by atomic mass is 16.5. The molecule has 0 aliphatic carbocycles. The van der Waals surface area contributed by atoms with E-state index in [-0.39, 0.29) is 0 Å². The number of fused-ring (bicyclic) bond motifs is 1. The van der Waals surface area contributed by atoms with Gasteiger partial charge in [-0.2, -0.15) is 0 Å². The van der Waals surface area contributed by atoms with Crippen molar-refractivity contribution in [3.05, 3.63) is 0 Å². The van der Waals surface area contributed by atoms with Crippen LogP contribution < -0.4 is 5.32 Å². The molecule has 3 heteroatoms. The van der Waals surface area contributed by atoms with Crippen LogP contribution in [0.5, 0.6) is 0 Å². The van der Waals surface area contributed by atoms with Crippen LogP contribution in [-0.2, 0) is 4.74 Å². The van der Waals surface area contributed by atoms with Crippen LogP contribution in [0.2, 0.25) is 0 Å². The largest absolute Gasteiger partial charge is 0.374 e. The van der Waals surface area contributed by atoms with Gasteiger partial charge in [-0.15, -0.1) is 0 Å². The number of nitrogens with zero attached hydrogens (tertiary/aromatic N) is 1. The van der Waals surface area contributed by atoms with Gasteiger partial charge in [0.05, 0.1) is 12.7 Å². The Kier molecular flexibility index (Phi) is 6.79. The first kappa shape index (κ1) is 16.3. The molecule has 1 N–H and O–H groups in total. The first-order valence-electron chi connectivity index (χ1n) is 8.81. The molecule has 0 aromatic carbocycles. The highest BCUT2D eigenvalue weighted by molar-refractivity contribution is 4.90. The second-order valence-corrected chi connectivity index (χ2v) is 6.71. The van der Waals surface area contributed by atoms with Gasteiger partial charge in [0.25, 0.3) is 0 Å². The summed E-state index contributed by atoms with van der Waals surface area (Å²) in [6.07, 6.45) is 9.73. The van der Waals surface area contributed by atoms with E-state index in [0.717, 1.165) is 19.1 Å². The SMILES string of the molecule is CCCCC(CC)CC(NC)C1CN2CCCC2CO1. The Balaban J connectivity index is 1.83. The third-order valence-electron chi connectivity index (χ3n) is 5.37. The maximum atomic E-state index is 6.19. The van der Waals surface area contributed by atoms with Crippen LogP contribution in [0, 0.1) is 5.92 Å². The summed E-state index contributed by atoms with van der Waals surface area (Å²) in [6, 6.07) is 1.24. The molecule has 0 bridgehead atoms. The van der Waals surface area contributed by atoms with Crippen molar-refractivity contribution >= 4 is 0 Å². The van der Waals surface area contributed by atoms with Crippen molar-refractivity contribution in [1.29, 1.82) is 0 Å². The molecule has 0 spiro atoms. The molecule has 118 valence electrons.